The summed E-state index contributed by atoms with van der Waals surface area (Å²) in [4.78, 5) is 29.0. The van der Waals surface area contributed by atoms with Crippen LogP contribution in [0, 0.1) is 0 Å². The second-order valence-electron chi connectivity index (χ2n) is 5.50. The zero-order valence-electron chi connectivity index (χ0n) is 13.4. The molecule has 0 radical (unpaired) electrons. The Bertz CT molecular complexity index is 923. The summed E-state index contributed by atoms with van der Waals surface area (Å²) >= 11 is 11.2. The van der Waals surface area contributed by atoms with Crippen molar-refractivity contribution in [2.45, 2.75) is 19.8 Å². The van der Waals surface area contributed by atoms with Gasteiger partial charge in [0.1, 0.15) is 5.76 Å². The molecule has 1 aliphatic heterocycles. The maximum absolute atomic E-state index is 12.9. The third-order valence-electron chi connectivity index (χ3n) is 3.97. The van der Waals surface area contributed by atoms with Crippen molar-refractivity contribution in [1.29, 1.82) is 0 Å². The lowest BCUT2D eigenvalue weighted by atomic mass is 9.88. The van der Waals surface area contributed by atoms with Gasteiger partial charge in [-0.1, -0.05) is 11.6 Å². The molecule has 0 spiro atoms. The molecule has 0 fully saturated rings. The second-order valence-corrected chi connectivity index (χ2v) is 8.34. The number of carbonyl (C=O) groups is 2. The number of halogens is 2. The minimum absolute atomic E-state index is 0.170. The van der Waals surface area contributed by atoms with E-state index in [2.05, 4.69) is 20.9 Å². The molecule has 1 N–H and O–H groups in total. The molecule has 25 heavy (non-hydrogen) atoms. The maximum atomic E-state index is 12.9. The topological polar surface area (TPSA) is 76.0 Å². The number of ketones is 1. The number of aliphatic imine (C=N–C) groups is 1. The zero-order chi connectivity index (χ0) is 18.3. The number of carboxylic acid groups (broad SMARTS) is 1. The Morgan fingerprint density at radius 2 is 2.16 bits per heavy atom. The Morgan fingerprint density at radius 1 is 1.44 bits per heavy atom. The Labute approximate surface area is 161 Å². The molecule has 5 nitrogen and oxygen atoms in total. The number of carbonyl (C=O) groups excluding carboxylic acids is 1. The number of rotatable bonds is 5. The van der Waals surface area contributed by atoms with Gasteiger partial charge in [-0.25, -0.2) is 0 Å². The van der Waals surface area contributed by atoms with Gasteiger partial charge in [-0.05, 0) is 40.6 Å². The minimum atomic E-state index is -0.962. The number of hydrogen-bond acceptors (Lipinski definition) is 5. The van der Waals surface area contributed by atoms with Crippen LogP contribution < -0.4 is 0 Å². The molecule has 0 saturated carbocycles. The molecule has 0 amide bonds. The SMILES string of the molecule is COC1=C(C(=O)c2ccc(Br)s2)CC2=NC(C)=C(CC(=O)O)C2=C1Cl. The number of aliphatic carboxylic acids is 1. The van der Waals surface area contributed by atoms with Crippen LogP contribution in [0.15, 0.2) is 54.1 Å². The molecular formula is C17H13BrClNO4S. The van der Waals surface area contributed by atoms with Gasteiger partial charge in [-0.15, -0.1) is 11.3 Å². The molecule has 1 aromatic heterocycles. The quantitative estimate of drug-likeness (QED) is 0.671. The van der Waals surface area contributed by atoms with Crippen molar-refractivity contribution in [3.05, 3.63) is 54.0 Å². The number of thiophene rings is 1. The van der Waals surface area contributed by atoms with Crippen LogP contribution in [0.3, 0.4) is 0 Å². The first-order valence-corrected chi connectivity index (χ1v) is 9.29. The highest BCUT2D eigenvalue weighted by molar-refractivity contribution is 9.11. The molecule has 0 aromatic carbocycles. The molecule has 3 rings (SSSR count). The molecule has 1 aliphatic carbocycles. The van der Waals surface area contributed by atoms with Crippen molar-refractivity contribution >= 4 is 56.3 Å². The van der Waals surface area contributed by atoms with E-state index in [1.807, 2.05) is 0 Å². The van der Waals surface area contributed by atoms with Gasteiger partial charge in [0.2, 0.25) is 5.78 Å². The van der Waals surface area contributed by atoms with Crippen LogP contribution in [0.4, 0.5) is 0 Å². The molecule has 0 unspecified atom stereocenters. The van der Waals surface area contributed by atoms with Crippen LogP contribution in [0.5, 0.6) is 0 Å². The van der Waals surface area contributed by atoms with Gasteiger partial charge in [0, 0.05) is 17.7 Å². The highest BCUT2D eigenvalue weighted by atomic mass is 79.9. The van der Waals surface area contributed by atoms with Gasteiger partial charge >= 0.3 is 5.97 Å². The van der Waals surface area contributed by atoms with Gasteiger partial charge in [0.25, 0.3) is 0 Å². The molecule has 0 bridgehead atoms. The van der Waals surface area contributed by atoms with E-state index in [9.17, 15) is 9.59 Å². The predicted molar refractivity (Wildman–Crippen MR) is 100 cm³/mol. The second kappa shape index (κ2) is 6.90. The normalized spacial score (nSPS) is 17.0. The molecule has 0 atom stereocenters. The lowest BCUT2D eigenvalue weighted by Crippen LogP contribution is -2.19. The van der Waals surface area contributed by atoms with Gasteiger partial charge in [0.05, 0.1) is 38.5 Å². The summed E-state index contributed by atoms with van der Waals surface area (Å²) in [6.07, 6.45) is 0.0755. The Kier molecular flexibility index (Phi) is 4.99. The van der Waals surface area contributed by atoms with Gasteiger partial charge in [0.15, 0.2) is 0 Å². The van der Waals surface area contributed by atoms with E-state index >= 15 is 0 Å². The van der Waals surface area contributed by atoms with Crippen LogP contribution in [0.25, 0.3) is 0 Å². The van der Waals surface area contributed by atoms with Gasteiger partial charge in [-0.2, -0.15) is 0 Å². The summed E-state index contributed by atoms with van der Waals surface area (Å²) in [5.41, 5.74) is 2.77. The number of methoxy groups -OCH3 is 1. The first-order chi connectivity index (χ1) is 11.8. The third-order valence-corrected chi connectivity index (χ3v) is 5.95. The zero-order valence-corrected chi connectivity index (χ0v) is 16.5. The summed E-state index contributed by atoms with van der Waals surface area (Å²) in [5.74, 6) is -0.851. The lowest BCUT2D eigenvalue weighted by Gasteiger charge is -2.21. The lowest BCUT2D eigenvalue weighted by molar-refractivity contribution is -0.136. The molecular weight excluding hydrogens is 430 g/mol. The standard InChI is InChI=1S/C17H13BrClNO4S/c1-7-8(6-13(21)22)14-10(20-7)5-9(17(24-2)15(14)19)16(23)11-3-4-12(18)25-11/h3-4H,5-6H2,1-2H3,(H,21,22). The summed E-state index contributed by atoms with van der Waals surface area (Å²) in [6, 6.07) is 3.54. The van der Waals surface area contributed by atoms with E-state index in [1.54, 1.807) is 19.1 Å². The fourth-order valence-electron chi connectivity index (χ4n) is 2.91. The fourth-order valence-corrected chi connectivity index (χ4v) is 4.68. The number of allylic oxidation sites excluding steroid dienone is 4. The summed E-state index contributed by atoms with van der Waals surface area (Å²) in [5, 5.41) is 9.37. The van der Waals surface area contributed by atoms with Gasteiger partial charge in [-0.3, -0.25) is 14.6 Å². The van der Waals surface area contributed by atoms with Crippen molar-refractivity contribution in [3.8, 4) is 0 Å². The van der Waals surface area contributed by atoms with Crippen molar-refractivity contribution in [3.63, 3.8) is 0 Å². The van der Waals surface area contributed by atoms with E-state index in [4.69, 9.17) is 21.4 Å². The van der Waals surface area contributed by atoms with Crippen LogP contribution in [0.2, 0.25) is 0 Å². The average molecular weight is 443 g/mol. The number of nitrogens with zero attached hydrogens (tertiary/aromatic N) is 1. The third kappa shape index (κ3) is 3.23. The van der Waals surface area contributed by atoms with Crippen molar-refractivity contribution in [1.82, 2.24) is 0 Å². The number of Topliss-reactive ketones (excluding diaryl/α,β-unsaturated/α-hetero) is 1. The number of fused-ring (bicyclic) bond motifs is 1. The van der Waals surface area contributed by atoms with Crippen LogP contribution in [-0.2, 0) is 9.53 Å². The highest BCUT2D eigenvalue weighted by Crippen LogP contribution is 2.42. The number of carboxylic acids is 1. The summed E-state index contributed by atoms with van der Waals surface area (Å²) in [6.45, 7) is 1.74. The Hall–Kier alpha value is -1.70. The highest BCUT2D eigenvalue weighted by Gasteiger charge is 2.36. The molecule has 8 heteroatoms. The molecule has 130 valence electrons. The minimum Gasteiger partial charge on any atom is -0.495 e. The Morgan fingerprint density at radius 3 is 2.72 bits per heavy atom. The molecule has 2 aliphatic rings. The van der Waals surface area contributed by atoms with Crippen LogP contribution in [-0.4, -0.2) is 29.7 Å². The molecule has 2 heterocycles. The Balaban J connectivity index is 2.09. The average Bonchev–Trinajstić information content (AvgIpc) is 3.10. The molecule has 0 saturated heterocycles. The van der Waals surface area contributed by atoms with Crippen LogP contribution >= 0.6 is 38.9 Å². The van der Waals surface area contributed by atoms with E-state index < -0.39 is 5.97 Å². The van der Waals surface area contributed by atoms with Gasteiger partial charge < -0.3 is 9.84 Å². The van der Waals surface area contributed by atoms with Crippen molar-refractivity contribution < 1.29 is 19.4 Å². The number of hydrogen-bond donors (Lipinski definition) is 1. The van der Waals surface area contributed by atoms with E-state index in [-0.39, 0.29) is 29.4 Å². The first kappa shape index (κ1) is 18.1. The maximum Gasteiger partial charge on any atom is 0.307 e. The number of ether oxygens (including phenoxy) is 1. The molecule has 1 aromatic rings. The monoisotopic (exact) mass is 441 g/mol. The van der Waals surface area contributed by atoms with Crippen molar-refractivity contribution in [2.24, 2.45) is 4.99 Å². The van der Waals surface area contributed by atoms with Crippen molar-refractivity contribution in [2.75, 3.05) is 7.11 Å². The smallest absolute Gasteiger partial charge is 0.307 e. The summed E-state index contributed by atoms with van der Waals surface area (Å²) in [7, 11) is 1.44. The largest absolute Gasteiger partial charge is 0.495 e. The van der Waals surface area contributed by atoms with E-state index in [0.29, 0.717) is 33.0 Å². The predicted octanol–water partition coefficient (Wildman–Crippen LogP) is 4.69. The van der Waals surface area contributed by atoms with E-state index in [0.717, 1.165) is 3.79 Å². The summed E-state index contributed by atoms with van der Waals surface area (Å²) < 4.78 is 6.25. The fraction of sp³-hybridized carbons (Fsp3) is 0.235. The van der Waals surface area contributed by atoms with Crippen LogP contribution in [0.1, 0.15) is 29.4 Å². The van der Waals surface area contributed by atoms with E-state index in [1.165, 1.54) is 18.4 Å². The first-order valence-electron chi connectivity index (χ1n) is 7.30.